The highest BCUT2D eigenvalue weighted by Crippen LogP contribution is 2.27. The van der Waals surface area contributed by atoms with Crippen molar-refractivity contribution >= 4 is 17.5 Å². The molecule has 0 amide bonds. The van der Waals surface area contributed by atoms with Gasteiger partial charge in [-0.25, -0.2) is 4.98 Å². The van der Waals surface area contributed by atoms with Crippen LogP contribution in [0.2, 0.25) is 0 Å². The summed E-state index contributed by atoms with van der Waals surface area (Å²) in [6, 6.07) is 12.9. The molecule has 6 heteroatoms. The zero-order valence-electron chi connectivity index (χ0n) is 16.9. The molecule has 2 aliphatic rings. The van der Waals surface area contributed by atoms with Crippen LogP contribution in [0.4, 0.5) is 11.5 Å². The topological polar surface area (TPSA) is 47.0 Å². The molecule has 4 rings (SSSR count). The smallest absolute Gasteiger partial charge is 0.198 e. The number of piperazine rings is 1. The number of guanidine groups is 1. The molecule has 28 heavy (non-hydrogen) atoms. The maximum atomic E-state index is 4.70. The van der Waals surface area contributed by atoms with Crippen LogP contribution in [0.1, 0.15) is 18.1 Å². The van der Waals surface area contributed by atoms with E-state index in [1.807, 2.05) is 13.2 Å². The van der Waals surface area contributed by atoms with E-state index < -0.39 is 0 Å². The minimum Gasteiger partial charge on any atom is -0.354 e. The predicted molar refractivity (Wildman–Crippen MR) is 116 cm³/mol. The molecule has 2 aromatic rings. The molecule has 2 aliphatic heterocycles. The van der Waals surface area contributed by atoms with Crippen molar-refractivity contribution in [1.82, 2.24) is 15.2 Å². The zero-order chi connectivity index (χ0) is 19.3. The van der Waals surface area contributed by atoms with E-state index in [4.69, 9.17) is 4.98 Å². The van der Waals surface area contributed by atoms with E-state index >= 15 is 0 Å². The highest BCUT2D eigenvalue weighted by atomic mass is 15.3. The van der Waals surface area contributed by atoms with Crippen molar-refractivity contribution in [3.63, 3.8) is 0 Å². The first kappa shape index (κ1) is 18.7. The molecule has 0 atom stereocenters. The Hall–Kier alpha value is -2.60. The van der Waals surface area contributed by atoms with Crippen molar-refractivity contribution < 1.29 is 0 Å². The highest BCUT2D eigenvalue weighted by Gasteiger charge is 2.22. The Morgan fingerprint density at radius 3 is 2.61 bits per heavy atom. The van der Waals surface area contributed by atoms with E-state index in [1.165, 1.54) is 16.8 Å². The summed E-state index contributed by atoms with van der Waals surface area (Å²) in [5, 5.41) is 3.50. The van der Waals surface area contributed by atoms with Gasteiger partial charge in [0.1, 0.15) is 5.82 Å². The third-order valence-corrected chi connectivity index (χ3v) is 5.76. The van der Waals surface area contributed by atoms with Gasteiger partial charge in [-0.15, -0.1) is 0 Å². The van der Waals surface area contributed by atoms with Crippen LogP contribution in [0.15, 0.2) is 47.6 Å². The Morgan fingerprint density at radius 2 is 1.89 bits per heavy atom. The van der Waals surface area contributed by atoms with E-state index in [2.05, 4.69) is 68.3 Å². The second-order valence-corrected chi connectivity index (χ2v) is 7.38. The number of rotatable bonds is 4. The first-order valence-electron chi connectivity index (χ1n) is 10.3. The summed E-state index contributed by atoms with van der Waals surface area (Å²) < 4.78 is 0. The van der Waals surface area contributed by atoms with Crippen molar-refractivity contribution in [2.24, 2.45) is 4.99 Å². The molecular formula is C22H30N6. The molecule has 148 valence electrons. The van der Waals surface area contributed by atoms with Gasteiger partial charge in [-0.05, 0) is 36.2 Å². The molecule has 0 spiro atoms. The number of pyridine rings is 1. The summed E-state index contributed by atoms with van der Waals surface area (Å²) in [5.41, 5.74) is 3.82. The molecule has 0 bridgehead atoms. The predicted octanol–water partition coefficient (Wildman–Crippen LogP) is 2.36. The van der Waals surface area contributed by atoms with Crippen LogP contribution in [0.25, 0.3) is 0 Å². The van der Waals surface area contributed by atoms with Crippen molar-refractivity contribution in [2.45, 2.75) is 19.9 Å². The Kier molecular flexibility index (Phi) is 5.76. The number of nitrogens with one attached hydrogen (secondary N) is 1. The van der Waals surface area contributed by atoms with Gasteiger partial charge in [0.15, 0.2) is 5.96 Å². The molecule has 1 fully saturated rings. The van der Waals surface area contributed by atoms with Gasteiger partial charge in [-0.1, -0.05) is 31.2 Å². The SMILES string of the molecule is CCN1CCN(c2ccc(CNC(=NC)N3CCc4ccccc43)cn2)CC1. The van der Waals surface area contributed by atoms with Crippen LogP contribution in [-0.4, -0.2) is 62.2 Å². The number of aromatic nitrogens is 1. The van der Waals surface area contributed by atoms with Gasteiger partial charge in [0.2, 0.25) is 0 Å². The van der Waals surface area contributed by atoms with Crippen molar-refractivity contribution in [3.05, 3.63) is 53.7 Å². The molecule has 1 saturated heterocycles. The normalized spacial score (nSPS) is 17.7. The van der Waals surface area contributed by atoms with Crippen molar-refractivity contribution in [1.29, 1.82) is 0 Å². The van der Waals surface area contributed by atoms with Crippen molar-refractivity contribution in [3.8, 4) is 0 Å². The second kappa shape index (κ2) is 8.61. The largest absolute Gasteiger partial charge is 0.354 e. The Labute approximate surface area is 167 Å². The summed E-state index contributed by atoms with van der Waals surface area (Å²) in [6.45, 7) is 9.41. The summed E-state index contributed by atoms with van der Waals surface area (Å²) in [4.78, 5) is 16.3. The summed E-state index contributed by atoms with van der Waals surface area (Å²) >= 11 is 0. The molecule has 1 aromatic heterocycles. The lowest BCUT2D eigenvalue weighted by Gasteiger charge is -2.34. The van der Waals surface area contributed by atoms with Crippen LogP contribution < -0.4 is 15.1 Å². The van der Waals surface area contributed by atoms with E-state index in [0.29, 0.717) is 0 Å². The van der Waals surface area contributed by atoms with E-state index in [-0.39, 0.29) is 0 Å². The molecule has 0 saturated carbocycles. The Balaban J connectivity index is 1.35. The Bertz CT molecular complexity index is 808. The maximum absolute atomic E-state index is 4.70. The van der Waals surface area contributed by atoms with Gasteiger partial charge in [0, 0.05) is 58.2 Å². The lowest BCUT2D eigenvalue weighted by Crippen LogP contribution is -2.46. The average molecular weight is 379 g/mol. The standard InChI is InChI=1S/C22H30N6/c1-3-26-12-14-27(15-13-26)21-9-8-18(16-24-21)17-25-22(23-2)28-11-10-19-6-4-5-7-20(19)28/h4-9,16H,3,10-15,17H2,1-2H3,(H,23,25). The monoisotopic (exact) mass is 378 g/mol. The minimum absolute atomic E-state index is 0.724. The summed E-state index contributed by atoms with van der Waals surface area (Å²) in [5.74, 6) is 2.00. The fraction of sp³-hybridized carbons (Fsp3) is 0.455. The molecule has 0 unspecified atom stereocenters. The third-order valence-electron chi connectivity index (χ3n) is 5.76. The van der Waals surface area contributed by atoms with Crippen LogP contribution in [0.3, 0.4) is 0 Å². The Morgan fingerprint density at radius 1 is 1.07 bits per heavy atom. The highest BCUT2D eigenvalue weighted by molar-refractivity contribution is 5.97. The van der Waals surface area contributed by atoms with E-state index in [9.17, 15) is 0 Å². The third kappa shape index (κ3) is 3.97. The number of aliphatic imine (C=N–C) groups is 1. The number of anilines is 2. The van der Waals surface area contributed by atoms with Crippen molar-refractivity contribution in [2.75, 3.05) is 56.1 Å². The van der Waals surface area contributed by atoms with Gasteiger partial charge < -0.3 is 20.0 Å². The lowest BCUT2D eigenvalue weighted by atomic mass is 10.2. The quantitative estimate of drug-likeness (QED) is 0.654. The van der Waals surface area contributed by atoms with Crippen LogP contribution in [0, 0.1) is 0 Å². The summed E-state index contributed by atoms with van der Waals surface area (Å²) in [7, 11) is 1.85. The first-order chi connectivity index (χ1) is 13.8. The minimum atomic E-state index is 0.724. The van der Waals surface area contributed by atoms with Gasteiger partial charge in [-0.2, -0.15) is 0 Å². The van der Waals surface area contributed by atoms with Gasteiger partial charge in [0.25, 0.3) is 0 Å². The van der Waals surface area contributed by atoms with E-state index in [0.717, 1.165) is 64.0 Å². The number of para-hydroxylation sites is 1. The number of likely N-dealkylation sites (N-methyl/N-ethyl adjacent to an activating group) is 1. The number of hydrogen-bond acceptors (Lipinski definition) is 4. The molecule has 6 nitrogen and oxygen atoms in total. The molecule has 0 radical (unpaired) electrons. The molecule has 3 heterocycles. The number of fused-ring (bicyclic) bond motifs is 1. The van der Waals surface area contributed by atoms with Gasteiger partial charge in [0.05, 0.1) is 0 Å². The fourth-order valence-corrected chi connectivity index (χ4v) is 4.04. The number of hydrogen-bond donors (Lipinski definition) is 1. The van der Waals surface area contributed by atoms with Crippen LogP contribution in [-0.2, 0) is 13.0 Å². The molecular weight excluding hydrogens is 348 g/mol. The number of nitrogens with zero attached hydrogens (tertiary/aromatic N) is 5. The lowest BCUT2D eigenvalue weighted by molar-refractivity contribution is 0.270. The second-order valence-electron chi connectivity index (χ2n) is 7.38. The van der Waals surface area contributed by atoms with E-state index in [1.54, 1.807) is 0 Å². The maximum Gasteiger partial charge on any atom is 0.198 e. The summed E-state index contributed by atoms with van der Waals surface area (Å²) in [6.07, 6.45) is 3.05. The van der Waals surface area contributed by atoms with Gasteiger partial charge in [-0.3, -0.25) is 4.99 Å². The first-order valence-corrected chi connectivity index (χ1v) is 10.3. The molecule has 1 N–H and O–H groups in total. The molecule has 1 aromatic carbocycles. The van der Waals surface area contributed by atoms with Crippen LogP contribution in [0.5, 0.6) is 0 Å². The van der Waals surface area contributed by atoms with Crippen LogP contribution >= 0.6 is 0 Å². The number of benzene rings is 1. The average Bonchev–Trinajstić information content (AvgIpc) is 3.19. The van der Waals surface area contributed by atoms with Gasteiger partial charge >= 0.3 is 0 Å². The zero-order valence-corrected chi connectivity index (χ0v) is 16.9. The fourth-order valence-electron chi connectivity index (χ4n) is 4.04. The molecule has 0 aliphatic carbocycles.